The second kappa shape index (κ2) is 10.3. The quantitative estimate of drug-likeness (QED) is 0.424. The van der Waals surface area contributed by atoms with E-state index in [9.17, 15) is 0 Å². The molecule has 3 rings (SSSR count). The molecule has 2 N–H and O–H groups in total. The number of hydrogen-bond donors (Lipinski definition) is 2. The highest BCUT2D eigenvalue weighted by Gasteiger charge is 2.16. The fourth-order valence-corrected chi connectivity index (χ4v) is 3.63. The molecular formula is C20H33N7. The highest BCUT2D eigenvalue weighted by atomic mass is 15.3. The van der Waals surface area contributed by atoms with E-state index in [0.29, 0.717) is 6.54 Å². The number of aliphatic imine (C=N–C) groups is 1. The summed E-state index contributed by atoms with van der Waals surface area (Å²) in [5.41, 5.74) is 0.854. The van der Waals surface area contributed by atoms with E-state index in [1.54, 1.807) is 0 Å². The number of piperidine rings is 1. The van der Waals surface area contributed by atoms with Gasteiger partial charge in [0, 0.05) is 25.3 Å². The van der Waals surface area contributed by atoms with E-state index in [-0.39, 0.29) is 0 Å². The summed E-state index contributed by atoms with van der Waals surface area (Å²) in [6, 6.07) is 6.65. The minimum atomic E-state index is 0.506. The number of unbranched alkanes of at least 4 members (excludes halogenated alkanes) is 1. The van der Waals surface area contributed by atoms with Gasteiger partial charge >= 0.3 is 0 Å². The van der Waals surface area contributed by atoms with Crippen molar-refractivity contribution in [3.63, 3.8) is 0 Å². The summed E-state index contributed by atoms with van der Waals surface area (Å²) in [5.74, 6) is 1.69. The Kier molecular flexibility index (Phi) is 7.45. The Labute approximate surface area is 162 Å². The van der Waals surface area contributed by atoms with Crippen molar-refractivity contribution < 1.29 is 0 Å². The third-order valence-electron chi connectivity index (χ3n) is 5.21. The molecule has 2 aromatic rings. The molecule has 7 heteroatoms. The lowest BCUT2D eigenvalue weighted by atomic mass is 10.0. The Balaban J connectivity index is 1.43. The number of guanidine groups is 1. The fraction of sp³-hybridized carbons (Fsp3) is 0.650. The number of nitrogens with one attached hydrogen (secondary N) is 2. The zero-order chi connectivity index (χ0) is 18.9. The van der Waals surface area contributed by atoms with Crippen LogP contribution in [0.15, 0.2) is 29.4 Å². The number of nitrogens with zero attached hydrogens (tertiary/aromatic N) is 5. The minimum absolute atomic E-state index is 0.506. The molecule has 0 radical (unpaired) electrons. The van der Waals surface area contributed by atoms with Crippen LogP contribution in [0, 0.1) is 0 Å². The lowest BCUT2D eigenvalue weighted by Crippen LogP contribution is -2.39. The van der Waals surface area contributed by atoms with Gasteiger partial charge in [0.05, 0.1) is 0 Å². The largest absolute Gasteiger partial charge is 0.357 e. The van der Waals surface area contributed by atoms with Crippen LogP contribution in [-0.2, 0) is 6.54 Å². The van der Waals surface area contributed by atoms with Crippen molar-refractivity contribution >= 4 is 11.6 Å². The zero-order valence-corrected chi connectivity index (χ0v) is 16.7. The summed E-state index contributed by atoms with van der Waals surface area (Å²) < 4.78 is 1.98. The van der Waals surface area contributed by atoms with Crippen molar-refractivity contribution in [1.82, 2.24) is 30.1 Å². The Morgan fingerprint density at radius 2 is 2.15 bits per heavy atom. The van der Waals surface area contributed by atoms with Crippen LogP contribution in [-0.4, -0.2) is 57.7 Å². The van der Waals surface area contributed by atoms with Crippen molar-refractivity contribution in [2.75, 3.05) is 26.2 Å². The van der Waals surface area contributed by atoms with E-state index in [1.807, 2.05) is 28.8 Å². The molecule has 2 aromatic heterocycles. The lowest BCUT2D eigenvalue weighted by molar-refractivity contribution is 0.158. The van der Waals surface area contributed by atoms with Gasteiger partial charge in [0.15, 0.2) is 17.4 Å². The molecule has 1 atom stereocenters. The van der Waals surface area contributed by atoms with Crippen LogP contribution < -0.4 is 10.6 Å². The molecule has 7 nitrogen and oxygen atoms in total. The van der Waals surface area contributed by atoms with Gasteiger partial charge in [0.2, 0.25) is 0 Å². The first-order valence-corrected chi connectivity index (χ1v) is 10.3. The maximum absolute atomic E-state index is 4.67. The van der Waals surface area contributed by atoms with Crippen LogP contribution in [0.4, 0.5) is 0 Å². The standard InChI is InChI=1S/C20H33N7/c1-3-21-20(22-12-6-9-14-26-13-7-4-10-17(26)2)23-16-19-25-24-18-11-5-8-15-27(18)19/h5,8,11,15,17H,3-4,6-7,9-10,12-14,16H2,1-2H3,(H2,21,22,23). The topological polar surface area (TPSA) is 69.8 Å². The van der Waals surface area contributed by atoms with E-state index < -0.39 is 0 Å². The first kappa shape index (κ1) is 19.6. The molecule has 1 fully saturated rings. The van der Waals surface area contributed by atoms with Crippen LogP contribution >= 0.6 is 0 Å². The van der Waals surface area contributed by atoms with Crippen LogP contribution in [0.25, 0.3) is 5.65 Å². The molecule has 0 saturated carbocycles. The highest BCUT2D eigenvalue weighted by Crippen LogP contribution is 2.16. The first-order valence-electron chi connectivity index (χ1n) is 10.3. The van der Waals surface area contributed by atoms with Crippen LogP contribution in [0.1, 0.15) is 51.8 Å². The van der Waals surface area contributed by atoms with E-state index >= 15 is 0 Å². The van der Waals surface area contributed by atoms with Crippen molar-refractivity contribution in [3.05, 3.63) is 30.2 Å². The number of aromatic nitrogens is 3. The van der Waals surface area contributed by atoms with Gasteiger partial charge in [-0.15, -0.1) is 10.2 Å². The number of likely N-dealkylation sites (tertiary alicyclic amines) is 1. The van der Waals surface area contributed by atoms with Gasteiger partial charge in [-0.2, -0.15) is 0 Å². The molecule has 0 bridgehead atoms. The fourth-order valence-electron chi connectivity index (χ4n) is 3.63. The summed E-state index contributed by atoms with van der Waals surface area (Å²) in [7, 11) is 0. The van der Waals surface area contributed by atoms with E-state index in [4.69, 9.17) is 0 Å². The first-order chi connectivity index (χ1) is 13.3. The summed E-state index contributed by atoms with van der Waals surface area (Å²) >= 11 is 0. The number of hydrogen-bond acceptors (Lipinski definition) is 4. The lowest BCUT2D eigenvalue weighted by Gasteiger charge is -2.33. The predicted octanol–water partition coefficient (Wildman–Crippen LogP) is 2.44. The van der Waals surface area contributed by atoms with Gasteiger partial charge < -0.3 is 15.5 Å². The van der Waals surface area contributed by atoms with E-state index in [0.717, 1.165) is 43.0 Å². The second-order valence-electron chi connectivity index (χ2n) is 7.25. The molecule has 0 aromatic carbocycles. The van der Waals surface area contributed by atoms with Gasteiger partial charge in [-0.1, -0.05) is 12.5 Å². The van der Waals surface area contributed by atoms with E-state index in [1.165, 1.54) is 38.8 Å². The van der Waals surface area contributed by atoms with Crippen molar-refractivity contribution in [2.24, 2.45) is 4.99 Å². The Morgan fingerprint density at radius 1 is 1.22 bits per heavy atom. The predicted molar refractivity (Wildman–Crippen MR) is 110 cm³/mol. The van der Waals surface area contributed by atoms with Gasteiger partial charge in [0.1, 0.15) is 6.54 Å². The number of rotatable bonds is 8. The average Bonchev–Trinajstić information content (AvgIpc) is 3.10. The third-order valence-corrected chi connectivity index (χ3v) is 5.21. The van der Waals surface area contributed by atoms with E-state index in [2.05, 4.69) is 44.6 Å². The van der Waals surface area contributed by atoms with Crippen LogP contribution in [0.5, 0.6) is 0 Å². The molecule has 1 unspecified atom stereocenters. The second-order valence-corrected chi connectivity index (χ2v) is 7.25. The number of pyridine rings is 1. The molecule has 0 amide bonds. The van der Waals surface area contributed by atoms with Gasteiger partial charge in [-0.25, -0.2) is 4.99 Å². The average molecular weight is 372 g/mol. The minimum Gasteiger partial charge on any atom is -0.357 e. The van der Waals surface area contributed by atoms with Gasteiger partial charge in [-0.05, 0) is 64.8 Å². The zero-order valence-electron chi connectivity index (χ0n) is 16.7. The SMILES string of the molecule is CCNC(=NCc1nnc2ccccn12)NCCCCN1CCCCC1C. The van der Waals surface area contributed by atoms with Gasteiger partial charge in [-0.3, -0.25) is 4.40 Å². The van der Waals surface area contributed by atoms with Crippen molar-refractivity contribution in [3.8, 4) is 0 Å². The molecule has 0 aliphatic carbocycles. The van der Waals surface area contributed by atoms with Crippen molar-refractivity contribution in [1.29, 1.82) is 0 Å². The third kappa shape index (κ3) is 5.66. The summed E-state index contributed by atoms with van der Waals surface area (Å²) in [6.45, 7) is 9.22. The molecular weight excluding hydrogens is 338 g/mol. The summed E-state index contributed by atoms with van der Waals surface area (Å²) in [5, 5.41) is 15.2. The maximum Gasteiger partial charge on any atom is 0.191 e. The highest BCUT2D eigenvalue weighted by molar-refractivity contribution is 5.79. The van der Waals surface area contributed by atoms with Gasteiger partial charge in [0.25, 0.3) is 0 Å². The van der Waals surface area contributed by atoms with Crippen molar-refractivity contribution in [2.45, 2.75) is 58.5 Å². The van der Waals surface area contributed by atoms with Crippen LogP contribution in [0.2, 0.25) is 0 Å². The monoisotopic (exact) mass is 371 g/mol. The molecule has 0 spiro atoms. The molecule has 27 heavy (non-hydrogen) atoms. The Morgan fingerprint density at radius 3 is 3.00 bits per heavy atom. The molecule has 148 valence electrons. The smallest absolute Gasteiger partial charge is 0.191 e. The molecule has 1 aliphatic rings. The molecule has 1 aliphatic heterocycles. The maximum atomic E-state index is 4.67. The molecule has 1 saturated heterocycles. The normalized spacial score (nSPS) is 18.7. The Bertz CT molecular complexity index is 724. The summed E-state index contributed by atoms with van der Waals surface area (Å²) in [6.07, 6.45) is 8.46. The molecule has 3 heterocycles. The Hall–Kier alpha value is -2.15. The summed E-state index contributed by atoms with van der Waals surface area (Å²) in [4.78, 5) is 7.30. The number of fused-ring (bicyclic) bond motifs is 1. The van der Waals surface area contributed by atoms with Crippen LogP contribution in [0.3, 0.4) is 0 Å².